The highest BCUT2D eigenvalue weighted by Crippen LogP contribution is 2.31. The second-order valence-electron chi connectivity index (χ2n) is 7.68. The van der Waals surface area contributed by atoms with Crippen molar-refractivity contribution in [2.75, 3.05) is 27.3 Å². The van der Waals surface area contributed by atoms with Gasteiger partial charge in [-0.15, -0.1) is 0 Å². The van der Waals surface area contributed by atoms with Crippen molar-refractivity contribution in [1.29, 1.82) is 0 Å². The minimum absolute atomic E-state index is 0.00703. The Morgan fingerprint density at radius 3 is 2.73 bits per heavy atom. The average Bonchev–Trinajstić information content (AvgIpc) is 3.25. The predicted molar refractivity (Wildman–Crippen MR) is 113 cm³/mol. The van der Waals surface area contributed by atoms with E-state index in [-0.39, 0.29) is 17.9 Å². The van der Waals surface area contributed by atoms with Crippen molar-refractivity contribution in [1.82, 2.24) is 20.4 Å². The molecule has 1 saturated heterocycles. The fourth-order valence-corrected chi connectivity index (χ4v) is 3.83. The number of hydrogen-bond acceptors (Lipinski definition) is 7. The van der Waals surface area contributed by atoms with E-state index in [1.807, 2.05) is 18.2 Å². The molecule has 1 atom stereocenters. The number of carbonyl (C=O) groups is 1. The summed E-state index contributed by atoms with van der Waals surface area (Å²) in [7, 11) is 3.19. The van der Waals surface area contributed by atoms with Crippen LogP contribution in [0.2, 0.25) is 0 Å². The van der Waals surface area contributed by atoms with Gasteiger partial charge >= 0.3 is 0 Å². The summed E-state index contributed by atoms with van der Waals surface area (Å²) >= 11 is 0. The molecule has 1 aliphatic heterocycles. The quantitative estimate of drug-likeness (QED) is 0.671. The molecule has 1 aliphatic rings. The molecule has 0 radical (unpaired) electrons. The largest absolute Gasteiger partial charge is 0.493 e. The first-order valence-electron chi connectivity index (χ1n) is 10.7. The number of benzene rings is 1. The molecule has 1 unspecified atom stereocenters. The smallest absolute Gasteiger partial charge is 0.241 e. The van der Waals surface area contributed by atoms with Crippen molar-refractivity contribution >= 4 is 5.91 Å². The maximum Gasteiger partial charge on any atom is 0.241 e. The maximum absolute atomic E-state index is 12.6. The summed E-state index contributed by atoms with van der Waals surface area (Å²) in [4.78, 5) is 19.4. The third-order valence-electron chi connectivity index (χ3n) is 5.68. The van der Waals surface area contributed by atoms with E-state index < -0.39 is 0 Å². The molecule has 3 rings (SSSR count). The molecule has 30 heavy (non-hydrogen) atoms. The minimum Gasteiger partial charge on any atom is -0.493 e. The zero-order chi connectivity index (χ0) is 21.5. The van der Waals surface area contributed by atoms with Gasteiger partial charge in [-0.3, -0.25) is 9.69 Å². The first-order valence-corrected chi connectivity index (χ1v) is 10.7. The molecule has 2 aromatic rings. The number of piperidine rings is 1. The first kappa shape index (κ1) is 22.1. The van der Waals surface area contributed by atoms with Gasteiger partial charge in [-0.05, 0) is 50.4 Å². The van der Waals surface area contributed by atoms with Crippen LogP contribution in [0.3, 0.4) is 0 Å². The summed E-state index contributed by atoms with van der Waals surface area (Å²) in [6, 6.07) is 5.77. The number of nitrogens with one attached hydrogen (secondary N) is 1. The van der Waals surface area contributed by atoms with Gasteiger partial charge in [0.25, 0.3) is 0 Å². The molecule has 1 amide bonds. The van der Waals surface area contributed by atoms with Gasteiger partial charge in [-0.25, -0.2) is 0 Å². The van der Waals surface area contributed by atoms with Crippen LogP contribution in [0.5, 0.6) is 11.5 Å². The topological polar surface area (TPSA) is 89.7 Å². The SMILES string of the molecule is CCC(CC)NC(=O)C1CCCN(Cc2nc(-c3ccc(OC)c(OC)c3)no2)C1. The Balaban J connectivity index is 1.62. The normalized spacial score (nSPS) is 17.2. The number of ether oxygens (including phenoxy) is 2. The second kappa shape index (κ2) is 10.4. The fraction of sp³-hybridized carbons (Fsp3) is 0.591. The molecule has 1 N–H and O–H groups in total. The van der Waals surface area contributed by atoms with Crippen molar-refractivity contribution < 1.29 is 18.8 Å². The molecule has 8 heteroatoms. The molecular formula is C22H32N4O4. The molecule has 2 heterocycles. The highest BCUT2D eigenvalue weighted by molar-refractivity contribution is 5.79. The number of methoxy groups -OCH3 is 2. The maximum atomic E-state index is 12.6. The Bertz CT molecular complexity index is 834. The van der Waals surface area contributed by atoms with Crippen molar-refractivity contribution in [3.63, 3.8) is 0 Å². The number of carbonyl (C=O) groups excluding carboxylic acids is 1. The highest BCUT2D eigenvalue weighted by Gasteiger charge is 2.27. The van der Waals surface area contributed by atoms with Gasteiger partial charge in [0.1, 0.15) is 0 Å². The number of rotatable bonds is 9. The lowest BCUT2D eigenvalue weighted by Gasteiger charge is -2.31. The van der Waals surface area contributed by atoms with E-state index >= 15 is 0 Å². The van der Waals surface area contributed by atoms with Crippen LogP contribution in [0, 0.1) is 5.92 Å². The van der Waals surface area contributed by atoms with Crippen LogP contribution in [0.25, 0.3) is 11.4 Å². The molecule has 1 aromatic carbocycles. The van der Waals surface area contributed by atoms with Gasteiger partial charge in [-0.1, -0.05) is 19.0 Å². The average molecular weight is 417 g/mol. The number of hydrogen-bond donors (Lipinski definition) is 1. The predicted octanol–water partition coefficient (Wildman–Crippen LogP) is 3.27. The van der Waals surface area contributed by atoms with Crippen LogP contribution >= 0.6 is 0 Å². The van der Waals surface area contributed by atoms with Crippen LogP contribution in [0.1, 0.15) is 45.4 Å². The number of likely N-dealkylation sites (tertiary alicyclic amines) is 1. The Kier molecular flexibility index (Phi) is 7.68. The lowest BCUT2D eigenvalue weighted by atomic mass is 9.96. The van der Waals surface area contributed by atoms with Crippen LogP contribution in [0.4, 0.5) is 0 Å². The molecule has 164 valence electrons. The Labute approximate surface area is 177 Å². The van der Waals surface area contributed by atoms with Crippen LogP contribution in [-0.4, -0.2) is 54.3 Å². The fourth-order valence-electron chi connectivity index (χ4n) is 3.83. The van der Waals surface area contributed by atoms with Crippen LogP contribution < -0.4 is 14.8 Å². The highest BCUT2D eigenvalue weighted by atomic mass is 16.5. The first-order chi connectivity index (χ1) is 14.6. The lowest BCUT2D eigenvalue weighted by Crippen LogP contribution is -2.45. The van der Waals surface area contributed by atoms with E-state index in [9.17, 15) is 4.79 Å². The summed E-state index contributed by atoms with van der Waals surface area (Å²) < 4.78 is 16.1. The van der Waals surface area contributed by atoms with Gasteiger partial charge in [0, 0.05) is 18.2 Å². The van der Waals surface area contributed by atoms with Crippen LogP contribution in [-0.2, 0) is 11.3 Å². The molecular weight excluding hydrogens is 384 g/mol. The summed E-state index contributed by atoms with van der Waals surface area (Å²) in [5, 5.41) is 7.29. The zero-order valence-corrected chi connectivity index (χ0v) is 18.3. The van der Waals surface area contributed by atoms with Gasteiger partial charge in [0.15, 0.2) is 11.5 Å². The van der Waals surface area contributed by atoms with Crippen molar-refractivity contribution in [2.45, 2.75) is 52.1 Å². The third kappa shape index (κ3) is 5.30. The monoisotopic (exact) mass is 416 g/mol. The van der Waals surface area contributed by atoms with Gasteiger partial charge in [-0.2, -0.15) is 4.98 Å². The molecule has 8 nitrogen and oxygen atoms in total. The van der Waals surface area contributed by atoms with Crippen molar-refractivity contribution in [3.8, 4) is 22.9 Å². The number of nitrogens with zero attached hydrogens (tertiary/aromatic N) is 3. The van der Waals surface area contributed by atoms with Crippen LogP contribution in [0.15, 0.2) is 22.7 Å². The third-order valence-corrected chi connectivity index (χ3v) is 5.68. The van der Waals surface area contributed by atoms with Gasteiger partial charge < -0.3 is 19.3 Å². The van der Waals surface area contributed by atoms with E-state index in [2.05, 4.69) is 34.2 Å². The standard InChI is InChI=1S/C22H32N4O4/c1-5-17(6-2)23-22(27)16-8-7-11-26(13-16)14-20-24-21(25-30-20)15-9-10-18(28-3)19(12-15)29-4/h9-10,12,16-17H,5-8,11,13-14H2,1-4H3,(H,23,27). The number of aromatic nitrogens is 2. The molecule has 0 spiro atoms. The van der Waals surface area contributed by atoms with E-state index in [0.29, 0.717) is 36.3 Å². The lowest BCUT2D eigenvalue weighted by molar-refractivity contribution is -0.127. The summed E-state index contributed by atoms with van der Waals surface area (Å²) in [5.41, 5.74) is 0.795. The van der Waals surface area contributed by atoms with E-state index in [4.69, 9.17) is 14.0 Å². The Morgan fingerprint density at radius 1 is 1.27 bits per heavy atom. The van der Waals surface area contributed by atoms with Crippen molar-refractivity contribution in [3.05, 3.63) is 24.1 Å². The Hall–Kier alpha value is -2.61. The van der Waals surface area contributed by atoms with E-state index in [1.54, 1.807) is 14.2 Å². The summed E-state index contributed by atoms with van der Waals surface area (Å²) in [6.45, 7) is 6.37. The molecule has 0 aliphatic carbocycles. The van der Waals surface area contributed by atoms with Crippen molar-refractivity contribution in [2.24, 2.45) is 5.92 Å². The second-order valence-corrected chi connectivity index (χ2v) is 7.68. The molecule has 0 saturated carbocycles. The molecule has 0 bridgehead atoms. The Morgan fingerprint density at radius 2 is 2.03 bits per heavy atom. The van der Waals surface area contributed by atoms with E-state index in [0.717, 1.165) is 37.8 Å². The minimum atomic E-state index is 0.00703. The zero-order valence-electron chi connectivity index (χ0n) is 18.3. The summed E-state index contributed by atoms with van der Waals surface area (Å²) in [6.07, 6.45) is 3.82. The molecule has 1 fully saturated rings. The van der Waals surface area contributed by atoms with Gasteiger partial charge in [0.2, 0.25) is 17.6 Å². The summed E-state index contributed by atoms with van der Waals surface area (Å²) in [5.74, 6) is 2.48. The number of amides is 1. The van der Waals surface area contributed by atoms with Gasteiger partial charge in [0.05, 0.1) is 26.7 Å². The van der Waals surface area contributed by atoms with E-state index in [1.165, 1.54) is 0 Å². The molecule has 1 aromatic heterocycles.